The van der Waals surface area contributed by atoms with Crippen LogP contribution in [0.15, 0.2) is 54.6 Å². The van der Waals surface area contributed by atoms with Crippen molar-refractivity contribution in [3.63, 3.8) is 0 Å². The highest BCUT2D eigenvalue weighted by Gasteiger charge is 2.42. The van der Waals surface area contributed by atoms with Gasteiger partial charge < -0.3 is 10.0 Å². The summed E-state index contributed by atoms with van der Waals surface area (Å²) >= 11 is 0. The molecule has 126 valence electrons. The summed E-state index contributed by atoms with van der Waals surface area (Å²) in [5, 5.41) is 9.60. The Hall–Kier alpha value is -1.87. The fraction of sp³-hybridized carbons (Fsp3) is 0.429. The van der Waals surface area contributed by atoms with Crippen molar-refractivity contribution >= 4 is 0 Å². The van der Waals surface area contributed by atoms with Gasteiger partial charge in [-0.15, -0.1) is 0 Å². The molecular weight excluding hydrogens is 301 g/mol. The number of hydrogen-bond acceptors (Lipinski definition) is 2. The second kappa shape index (κ2) is 6.21. The van der Waals surface area contributed by atoms with Crippen LogP contribution in [-0.4, -0.2) is 29.6 Å². The molecule has 1 aliphatic carbocycles. The highest BCUT2D eigenvalue weighted by Crippen LogP contribution is 2.48. The number of piperidine rings is 1. The van der Waals surface area contributed by atoms with Crippen LogP contribution >= 0.6 is 0 Å². The maximum absolute atomic E-state index is 15.2. The maximum atomic E-state index is 15.2. The van der Waals surface area contributed by atoms with Gasteiger partial charge in [-0.3, -0.25) is 0 Å². The third-order valence-electron chi connectivity index (χ3n) is 5.66. The lowest BCUT2D eigenvalue weighted by Crippen LogP contribution is -2.41. The van der Waals surface area contributed by atoms with Crippen molar-refractivity contribution in [2.24, 2.45) is 5.92 Å². The maximum Gasteiger partial charge on any atom is 0.138 e. The van der Waals surface area contributed by atoms with E-state index in [-0.39, 0.29) is 5.75 Å². The number of rotatable bonds is 4. The van der Waals surface area contributed by atoms with E-state index in [1.54, 1.807) is 24.3 Å². The molecule has 2 atom stereocenters. The molecule has 0 aromatic heterocycles. The number of alkyl halides is 1. The fourth-order valence-corrected chi connectivity index (χ4v) is 4.05. The molecule has 2 nitrogen and oxygen atoms in total. The van der Waals surface area contributed by atoms with Gasteiger partial charge in [0.1, 0.15) is 11.4 Å². The van der Waals surface area contributed by atoms with Crippen molar-refractivity contribution in [2.45, 2.75) is 30.8 Å². The Labute approximate surface area is 142 Å². The molecule has 1 heterocycles. The molecule has 2 aromatic carbocycles. The van der Waals surface area contributed by atoms with Gasteiger partial charge >= 0.3 is 0 Å². The second-order valence-electron chi connectivity index (χ2n) is 7.33. The molecule has 3 heteroatoms. The first kappa shape index (κ1) is 15.6. The monoisotopic (exact) mass is 325 g/mol. The van der Waals surface area contributed by atoms with Crippen molar-refractivity contribution in [2.75, 3.05) is 19.6 Å². The quantitative estimate of drug-likeness (QED) is 0.897. The van der Waals surface area contributed by atoms with E-state index in [1.165, 1.54) is 12.0 Å². The molecule has 1 saturated carbocycles. The summed E-state index contributed by atoms with van der Waals surface area (Å²) in [6, 6.07) is 17.4. The minimum Gasteiger partial charge on any atom is -0.508 e. The van der Waals surface area contributed by atoms with Gasteiger partial charge in [-0.1, -0.05) is 42.5 Å². The zero-order valence-electron chi connectivity index (χ0n) is 13.9. The molecule has 2 aliphatic rings. The van der Waals surface area contributed by atoms with E-state index in [2.05, 4.69) is 35.2 Å². The summed E-state index contributed by atoms with van der Waals surface area (Å²) in [5.74, 6) is 1.56. The van der Waals surface area contributed by atoms with Crippen LogP contribution in [0.25, 0.3) is 0 Å². The molecule has 0 bridgehead atoms. The zero-order valence-corrected chi connectivity index (χ0v) is 13.9. The molecule has 1 N–H and O–H groups in total. The number of halogens is 1. The minimum atomic E-state index is -1.29. The van der Waals surface area contributed by atoms with Crippen LogP contribution in [0.2, 0.25) is 0 Å². The van der Waals surface area contributed by atoms with Crippen LogP contribution in [0.5, 0.6) is 5.75 Å². The third-order valence-corrected chi connectivity index (χ3v) is 5.66. The van der Waals surface area contributed by atoms with E-state index in [9.17, 15) is 5.11 Å². The molecule has 0 spiro atoms. The molecule has 1 saturated heterocycles. The first-order valence-corrected chi connectivity index (χ1v) is 8.90. The minimum absolute atomic E-state index is 0.149. The van der Waals surface area contributed by atoms with Crippen molar-refractivity contribution in [1.29, 1.82) is 0 Å². The molecule has 0 radical (unpaired) electrons. The molecule has 0 unspecified atom stereocenters. The summed E-state index contributed by atoms with van der Waals surface area (Å²) in [4.78, 5) is 2.41. The molecule has 2 aromatic rings. The number of benzene rings is 2. The van der Waals surface area contributed by atoms with Crippen LogP contribution < -0.4 is 0 Å². The van der Waals surface area contributed by atoms with Gasteiger partial charge in [0.15, 0.2) is 0 Å². The number of aromatic hydroxyl groups is 1. The summed E-state index contributed by atoms with van der Waals surface area (Å²) < 4.78 is 15.2. The van der Waals surface area contributed by atoms with Gasteiger partial charge in [-0.05, 0) is 54.4 Å². The summed E-state index contributed by atoms with van der Waals surface area (Å²) in [6.45, 7) is 2.67. The number of hydrogen-bond donors (Lipinski definition) is 1. The molecular formula is C21H24FNO. The summed E-state index contributed by atoms with van der Waals surface area (Å²) in [6.07, 6.45) is 2.28. The van der Waals surface area contributed by atoms with Gasteiger partial charge in [0.2, 0.25) is 0 Å². The lowest BCUT2D eigenvalue weighted by Gasteiger charge is -2.37. The first-order valence-electron chi connectivity index (χ1n) is 8.90. The highest BCUT2D eigenvalue weighted by atomic mass is 19.1. The van der Waals surface area contributed by atoms with Gasteiger partial charge in [-0.25, -0.2) is 4.39 Å². The number of phenolic OH excluding ortho intramolecular Hbond substituents is 1. The van der Waals surface area contributed by atoms with Gasteiger partial charge in [0.05, 0.1) is 0 Å². The highest BCUT2D eigenvalue weighted by molar-refractivity contribution is 5.32. The average molecular weight is 325 g/mol. The molecule has 1 aliphatic heterocycles. The summed E-state index contributed by atoms with van der Waals surface area (Å²) in [5.41, 5.74) is 0.771. The summed E-state index contributed by atoms with van der Waals surface area (Å²) in [7, 11) is 0. The van der Waals surface area contributed by atoms with Gasteiger partial charge in [0, 0.05) is 19.6 Å². The molecule has 2 fully saturated rings. The zero-order chi connectivity index (χ0) is 16.6. The van der Waals surface area contributed by atoms with Gasteiger partial charge in [-0.2, -0.15) is 0 Å². The van der Waals surface area contributed by atoms with E-state index in [1.807, 2.05) is 0 Å². The van der Waals surface area contributed by atoms with Crippen molar-refractivity contribution in [3.05, 3.63) is 65.7 Å². The van der Waals surface area contributed by atoms with Crippen LogP contribution in [0, 0.1) is 5.92 Å². The van der Waals surface area contributed by atoms with Crippen molar-refractivity contribution in [3.8, 4) is 5.75 Å². The van der Waals surface area contributed by atoms with E-state index >= 15 is 4.39 Å². The predicted octanol–water partition coefficient (Wildman–Crippen LogP) is 4.46. The van der Waals surface area contributed by atoms with Crippen LogP contribution in [-0.2, 0) is 5.67 Å². The van der Waals surface area contributed by atoms with E-state index in [4.69, 9.17) is 0 Å². The third kappa shape index (κ3) is 3.18. The SMILES string of the molecule is Oc1cccc(C2(F)CCN(C[C@H]3C[C@@H]3c3ccccc3)CC2)c1. The van der Waals surface area contributed by atoms with Gasteiger partial charge in [0.25, 0.3) is 0 Å². The Kier molecular flexibility index (Phi) is 4.05. The Balaban J connectivity index is 1.32. The second-order valence-corrected chi connectivity index (χ2v) is 7.33. The molecule has 0 amide bonds. The van der Waals surface area contributed by atoms with Crippen molar-refractivity contribution < 1.29 is 9.50 Å². The normalized spacial score (nSPS) is 26.2. The lowest BCUT2D eigenvalue weighted by atomic mass is 9.86. The number of phenols is 1. The number of nitrogens with zero attached hydrogens (tertiary/aromatic N) is 1. The van der Waals surface area contributed by atoms with E-state index in [0.29, 0.717) is 24.3 Å². The first-order chi connectivity index (χ1) is 11.6. The van der Waals surface area contributed by atoms with Crippen LogP contribution in [0.3, 0.4) is 0 Å². The Morgan fingerprint density at radius 2 is 1.79 bits per heavy atom. The average Bonchev–Trinajstić information content (AvgIpc) is 3.37. The topological polar surface area (TPSA) is 23.5 Å². The van der Waals surface area contributed by atoms with Crippen LogP contribution in [0.4, 0.5) is 4.39 Å². The van der Waals surface area contributed by atoms with Crippen molar-refractivity contribution in [1.82, 2.24) is 4.90 Å². The lowest BCUT2D eigenvalue weighted by molar-refractivity contribution is 0.0536. The standard InChI is InChI=1S/C21H24FNO/c22-21(18-7-4-8-19(24)14-18)9-11-23(12-10-21)15-17-13-20(17)16-5-2-1-3-6-16/h1-8,14,17,20,24H,9-13,15H2/t17-,20-/m1/s1. The molecule has 4 rings (SSSR count). The number of likely N-dealkylation sites (tertiary alicyclic amines) is 1. The Bertz CT molecular complexity index is 694. The Morgan fingerprint density at radius 1 is 1.04 bits per heavy atom. The van der Waals surface area contributed by atoms with E-state index in [0.717, 1.165) is 25.6 Å². The van der Waals surface area contributed by atoms with E-state index < -0.39 is 5.67 Å². The largest absolute Gasteiger partial charge is 0.508 e. The Morgan fingerprint density at radius 3 is 2.50 bits per heavy atom. The smallest absolute Gasteiger partial charge is 0.138 e. The predicted molar refractivity (Wildman–Crippen MR) is 93.9 cm³/mol. The molecule has 24 heavy (non-hydrogen) atoms. The fourth-order valence-electron chi connectivity index (χ4n) is 4.05. The van der Waals surface area contributed by atoms with Crippen LogP contribution in [0.1, 0.15) is 36.3 Å².